The van der Waals surface area contributed by atoms with Gasteiger partial charge in [0.15, 0.2) is 0 Å². The topological polar surface area (TPSA) is 76.7 Å². The molecule has 2 N–H and O–H groups in total. The standard InChI is InChI=1S/C17H16F2N2O4/c1-24-16(23)11-6-8-12(9-7-11)21-15(22)10-20-13-4-2-3-5-14(13)25-17(18)19/h2-9,17,20H,10H2,1H3,(H,21,22). The largest absolute Gasteiger partial charge is 0.465 e. The Hall–Kier alpha value is -3.16. The van der Waals surface area contributed by atoms with Crippen LogP contribution in [0.25, 0.3) is 0 Å². The molecular formula is C17H16F2N2O4. The highest BCUT2D eigenvalue weighted by molar-refractivity contribution is 5.95. The van der Waals surface area contributed by atoms with E-state index in [1.165, 1.54) is 31.4 Å². The van der Waals surface area contributed by atoms with Crippen molar-refractivity contribution in [2.45, 2.75) is 6.61 Å². The van der Waals surface area contributed by atoms with Gasteiger partial charge in [0.1, 0.15) is 5.75 Å². The normalized spacial score (nSPS) is 10.2. The number of carbonyl (C=O) groups excluding carboxylic acids is 2. The van der Waals surface area contributed by atoms with Gasteiger partial charge in [0, 0.05) is 5.69 Å². The number of alkyl halides is 2. The molecule has 0 heterocycles. The summed E-state index contributed by atoms with van der Waals surface area (Å²) in [6.45, 7) is -3.10. The minimum atomic E-state index is -2.95. The fourth-order valence-corrected chi connectivity index (χ4v) is 2.00. The highest BCUT2D eigenvalue weighted by atomic mass is 19.3. The van der Waals surface area contributed by atoms with Crippen LogP contribution in [0, 0.1) is 0 Å². The molecule has 0 aliphatic rings. The maximum atomic E-state index is 12.3. The van der Waals surface area contributed by atoms with Crippen molar-refractivity contribution >= 4 is 23.3 Å². The zero-order valence-electron chi connectivity index (χ0n) is 13.3. The molecule has 2 rings (SSSR count). The Kier molecular flexibility index (Phi) is 6.27. The zero-order valence-corrected chi connectivity index (χ0v) is 13.3. The third kappa shape index (κ3) is 5.45. The van der Waals surface area contributed by atoms with Crippen LogP contribution in [0.5, 0.6) is 5.75 Å². The molecular weight excluding hydrogens is 334 g/mol. The van der Waals surface area contributed by atoms with Gasteiger partial charge < -0.3 is 20.1 Å². The first kappa shape index (κ1) is 18.2. The SMILES string of the molecule is COC(=O)c1ccc(NC(=O)CNc2ccccc2OC(F)F)cc1. The van der Waals surface area contributed by atoms with Gasteiger partial charge in [0.2, 0.25) is 5.91 Å². The molecule has 0 radical (unpaired) electrons. The van der Waals surface area contributed by atoms with Crippen LogP contribution in [0.3, 0.4) is 0 Å². The van der Waals surface area contributed by atoms with E-state index in [0.717, 1.165) is 0 Å². The van der Waals surface area contributed by atoms with Gasteiger partial charge in [-0.2, -0.15) is 8.78 Å². The van der Waals surface area contributed by atoms with Crippen molar-refractivity contribution in [2.24, 2.45) is 0 Å². The zero-order chi connectivity index (χ0) is 18.2. The summed E-state index contributed by atoms with van der Waals surface area (Å²) in [5.41, 5.74) is 1.12. The van der Waals surface area contributed by atoms with Crippen LogP contribution >= 0.6 is 0 Å². The molecule has 0 aliphatic carbocycles. The van der Waals surface area contributed by atoms with Gasteiger partial charge in [-0.05, 0) is 36.4 Å². The van der Waals surface area contributed by atoms with Crippen molar-refractivity contribution in [1.82, 2.24) is 0 Å². The quantitative estimate of drug-likeness (QED) is 0.751. The predicted molar refractivity (Wildman–Crippen MR) is 88.0 cm³/mol. The molecule has 0 bridgehead atoms. The van der Waals surface area contributed by atoms with E-state index < -0.39 is 18.5 Å². The van der Waals surface area contributed by atoms with E-state index in [1.54, 1.807) is 24.3 Å². The molecule has 0 unspecified atom stereocenters. The number of benzene rings is 2. The summed E-state index contributed by atoms with van der Waals surface area (Å²) in [7, 11) is 1.28. The average Bonchev–Trinajstić information content (AvgIpc) is 2.60. The lowest BCUT2D eigenvalue weighted by molar-refractivity contribution is -0.114. The van der Waals surface area contributed by atoms with Crippen molar-refractivity contribution < 1.29 is 27.8 Å². The first-order valence-electron chi connectivity index (χ1n) is 7.25. The Morgan fingerprint density at radius 3 is 2.40 bits per heavy atom. The van der Waals surface area contributed by atoms with Gasteiger partial charge in [0.05, 0.1) is 24.9 Å². The predicted octanol–water partition coefficient (Wildman–Crippen LogP) is 3.13. The summed E-state index contributed by atoms with van der Waals surface area (Å²) in [6.07, 6.45) is 0. The van der Waals surface area contributed by atoms with E-state index >= 15 is 0 Å². The highest BCUT2D eigenvalue weighted by Crippen LogP contribution is 2.25. The van der Waals surface area contributed by atoms with Gasteiger partial charge in [-0.15, -0.1) is 0 Å². The van der Waals surface area contributed by atoms with E-state index in [2.05, 4.69) is 20.1 Å². The Morgan fingerprint density at radius 2 is 1.76 bits per heavy atom. The van der Waals surface area contributed by atoms with Crippen LogP contribution in [-0.2, 0) is 9.53 Å². The lowest BCUT2D eigenvalue weighted by Gasteiger charge is -2.12. The van der Waals surface area contributed by atoms with Crippen molar-refractivity contribution in [3.8, 4) is 5.75 Å². The average molecular weight is 350 g/mol. The van der Waals surface area contributed by atoms with Crippen LogP contribution in [0.1, 0.15) is 10.4 Å². The summed E-state index contributed by atoms with van der Waals surface area (Å²) >= 11 is 0. The molecule has 2 aromatic rings. The Balaban J connectivity index is 1.92. The first-order valence-corrected chi connectivity index (χ1v) is 7.25. The number of hydrogen-bond acceptors (Lipinski definition) is 5. The molecule has 0 saturated heterocycles. The molecule has 0 aromatic heterocycles. The number of nitrogens with one attached hydrogen (secondary N) is 2. The van der Waals surface area contributed by atoms with Gasteiger partial charge in [-0.3, -0.25) is 4.79 Å². The third-order valence-electron chi connectivity index (χ3n) is 3.13. The van der Waals surface area contributed by atoms with E-state index in [-0.39, 0.29) is 18.0 Å². The fourth-order valence-electron chi connectivity index (χ4n) is 2.00. The minimum Gasteiger partial charge on any atom is -0.465 e. The second-order valence-electron chi connectivity index (χ2n) is 4.85. The number of esters is 1. The van der Waals surface area contributed by atoms with E-state index in [0.29, 0.717) is 11.3 Å². The Morgan fingerprint density at radius 1 is 1.08 bits per heavy atom. The molecule has 1 amide bonds. The van der Waals surface area contributed by atoms with Gasteiger partial charge in [0.25, 0.3) is 0 Å². The van der Waals surface area contributed by atoms with Gasteiger partial charge in [-0.25, -0.2) is 4.79 Å². The number of halogens is 2. The number of para-hydroxylation sites is 2. The van der Waals surface area contributed by atoms with E-state index in [1.807, 2.05) is 0 Å². The number of rotatable bonds is 7. The van der Waals surface area contributed by atoms with Crippen LogP contribution in [0.4, 0.5) is 20.2 Å². The van der Waals surface area contributed by atoms with Crippen LogP contribution in [0.15, 0.2) is 48.5 Å². The molecule has 132 valence electrons. The number of hydrogen-bond donors (Lipinski definition) is 2. The number of methoxy groups -OCH3 is 1. The molecule has 0 saturated carbocycles. The Labute approximate surface area is 142 Å². The van der Waals surface area contributed by atoms with Crippen LogP contribution in [0.2, 0.25) is 0 Å². The number of ether oxygens (including phenoxy) is 2. The van der Waals surface area contributed by atoms with Crippen molar-refractivity contribution in [1.29, 1.82) is 0 Å². The lowest BCUT2D eigenvalue weighted by Crippen LogP contribution is -2.22. The molecule has 6 nitrogen and oxygen atoms in total. The molecule has 8 heteroatoms. The maximum absolute atomic E-state index is 12.3. The summed E-state index contributed by atoms with van der Waals surface area (Å²) in [6, 6.07) is 12.2. The second-order valence-corrected chi connectivity index (χ2v) is 4.85. The number of carbonyl (C=O) groups is 2. The van der Waals surface area contributed by atoms with Crippen molar-refractivity contribution in [3.63, 3.8) is 0 Å². The Bertz CT molecular complexity index is 736. The number of anilines is 2. The second kappa shape index (κ2) is 8.62. The minimum absolute atomic E-state index is 0.0484. The fraction of sp³-hybridized carbons (Fsp3) is 0.176. The molecule has 25 heavy (non-hydrogen) atoms. The first-order chi connectivity index (χ1) is 12.0. The van der Waals surface area contributed by atoms with E-state index in [4.69, 9.17) is 0 Å². The molecule has 0 spiro atoms. The van der Waals surface area contributed by atoms with Crippen molar-refractivity contribution in [3.05, 3.63) is 54.1 Å². The monoisotopic (exact) mass is 350 g/mol. The molecule has 0 fully saturated rings. The lowest BCUT2D eigenvalue weighted by atomic mass is 10.2. The summed E-state index contributed by atoms with van der Waals surface area (Å²) in [4.78, 5) is 23.3. The molecule has 0 atom stereocenters. The van der Waals surface area contributed by atoms with Crippen LogP contribution < -0.4 is 15.4 Å². The number of amides is 1. The summed E-state index contributed by atoms with van der Waals surface area (Å²) in [5, 5.41) is 5.35. The van der Waals surface area contributed by atoms with Crippen LogP contribution in [-0.4, -0.2) is 32.1 Å². The van der Waals surface area contributed by atoms with Gasteiger partial charge in [-0.1, -0.05) is 12.1 Å². The maximum Gasteiger partial charge on any atom is 0.387 e. The summed E-state index contributed by atoms with van der Waals surface area (Å²) < 4.78 is 33.6. The summed E-state index contributed by atoms with van der Waals surface area (Å²) in [5.74, 6) is -0.916. The van der Waals surface area contributed by atoms with E-state index in [9.17, 15) is 18.4 Å². The third-order valence-corrected chi connectivity index (χ3v) is 3.13. The van der Waals surface area contributed by atoms with Gasteiger partial charge >= 0.3 is 12.6 Å². The molecule has 2 aromatic carbocycles. The molecule has 0 aliphatic heterocycles. The highest BCUT2D eigenvalue weighted by Gasteiger charge is 2.10. The smallest absolute Gasteiger partial charge is 0.387 e. The van der Waals surface area contributed by atoms with Crippen molar-refractivity contribution in [2.75, 3.05) is 24.3 Å².